The molecule has 1 saturated carbocycles. The van der Waals surface area contributed by atoms with Crippen LogP contribution < -0.4 is 14.8 Å². The second kappa shape index (κ2) is 7.15. The lowest BCUT2D eigenvalue weighted by Crippen LogP contribution is -2.28. The topological polar surface area (TPSA) is 77.5 Å². The van der Waals surface area contributed by atoms with Crippen LogP contribution in [-0.4, -0.2) is 30.7 Å². The van der Waals surface area contributed by atoms with E-state index >= 15 is 0 Å². The van der Waals surface area contributed by atoms with E-state index in [1.54, 1.807) is 48.5 Å². The van der Waals surface area contributed by atoms with Crippen molar-refractivity contribution in [1.82, 2.24) is 4.98 Å². The molecule has 1 fully saturated rings. The number of ether oxygens (including phenoxy) is 2. The number of alkyl halides is 2. The van der Waals surface area contributed by atoms with E-state index in [-0.39, 0.29) is 17.4 Å². The highest BCUT2D eigenvalue weighted by molar-refractivity contribution is 6.62. The van der Waals surface area contributed by atoms with E-state index < -0.39 is 17.4 Å². The van der Waals surface area contributed by atoms with E-state index in [0.717, 1.165) is 5.56 Å². The quantitative estimate of drug-likeness (QED) is 0.616. The van der Waals surface area contributed by atoms with Crippen LogP contribution in [0.3, 0.4) is 0 Å². The fourth-order valence-corrected chi connectivity index (χ4v) is 3.72. The molecular weight excluding hydrogens is 417 g/mol. The number of amides is 1. The van der Waals surface area contributed by atoms with Crippen LogP contribution in [-0.2, 0) is 10.2 Å². The zero-order chi connectivity index (χ0) is 22.5. The maximum absolute atomic E-state index is 13.3. The fourth-order valence-electron chi connectivity index (χ4n) is 3.72. The summed E-state index contributed by atoms with van der Waals surface area (Å²) < 4.78 is 35.6. The van der Waals surface area contributed by atoms with Crippen molar-refractivity contribution in [3.05, 3.63) is 71.8 Å². The normalized spacial score (nSPS) is 16.9. The Kier molecular flexibility index (Phi) is 4.51. The van der Waals surface area contributed by atoms with Crippen LogP contribution in [0, 0.1) is 0 Å². The molecule has 5 rings (SSSR count). The summed E-state index contributed by atoms with van der Waals surface area (Å²) in [4.78, 5) is 28.8. The van der Waals surface area contributed by atoms with Gasteiger partial charge in [-0.1, -0.05) is 36.4 Å². The second-order valence-corrected chi connectivity index (χ2v) is 7.71. The number of aromatic nitrogens is 1. The van der Waals surface area contributed by atoms with Crippen LogP contribution in [0.1, 0.15) is 28.8 Å². The molecule has 1 N–H and O–H groups in total. The van der Waals surface area contributed by atoms with Gasteiger partial charge in [-0.2, -0.15) is 0 Å². The Bertz CT molecular complexity index is 1240. The van der Waals surface area contributed by atoms with E-state index in [1.165, 1.54) is 12.1 Å². The first kappa shape index (κ1) is 20.2. The Morgan fingerprint density at radius 2 is 1.69 bits per heavy atom. The van der Waals surface area contributed by atoms with Crippen molar-refractivity contribution in [1.29, 1.82) is 0 Å². The lowest BCUT2D eigenvalue weighted by atomic mass is 9.94. The first-order valence-electron chi connectivity index (χ1n) is 9.85. The number of rotatable bonds is 5. The Labute approximate surface area is 183 Å². The summed E-state index contributed by atoms with van der Waals surface area (Å²) in [7, 11) is 5.27. The number of nitrogens with zero attached hydrogens (tertiary/aromatic N) is 1. The van der Waals surface area contributed by atoms with Crippen LogP contribution in [0.25, 0.3) is 11.3 Å². The molecule has 32 heavy (non-hydrogen) atoms. The highest BCUT2D eigenvalue weighted by Gasteiger charge is 2.52. The summed E-state index contributed by atoms with van der Waals surface area (Å²) in [6, 6.07) is 16.2. The predicted molar refractivity (Wildman–Crippen MR) is 112 cm³/mol. The molecule has 6 nitrogen and oxygen atoms in total. The van der Waals surface area contributed by atoms with Gasteiger partial charge in [-0.15, -0.1) is 8.78 Å². The Morgan fingerprint density at radius 1 is 0.969 bits per heavy atom. The third-order valence-electron chi connectivity index (χ3n) is 5.59. The van der Waals surface area contributed by atoms with Crippen LogP contribution in [0.2, 0.25) is 0 Å². The van der Waals surface area contributed by atoms with Crippen LogP contribution in [0.15, 0.2) is 60.7 Å². The van der Waals surface area contributed by atoms with Gasteiger partial charge < -0.3 is 19.6 Å². The van der Waals surface area contributed by atoms with Crippen molar-refractivity contribution in [3.63, 3.8) is 0 Å². The summed E-state index contributed by atoms with van der Waals surface area (Å²) in [5.74, 6) is -0.0836. The molecule has 0 bridgehead atoms. The van der Waals surface area contributed by atoms with Crippen molar-refractivity contribution in [3.8, 4) is 22.8 Å². The van der Waals surface area contributed by atoms with Gasteiger partial charge in [-0.25, -0.2) is 4.98 Å². The number of hydrogen-bond donors (Lipinski definition) is 1. The monoisotopic (exact) mass is 432 g/mol. The molecule has 9 heteroatoms. The number of hydrogen-bond acceptors (Lipinski definition) is 5. The third-order valence-corrected chi connectivity index (χ3v) is 5.59. The van der Waals surface area contributed by atoms with Crippen molar-refractivity contribution < 1.29 is 27.8 Å². The minimum absolute atomic E-state index is 0.0633. The number of fused-ring (bicyclic) bond motifs is 1. The van der Waals surface area contributed by atoms with E-state index in [9.17, 15) is 18.4 Å². The van der Waals surface area contributed by atoms with Gasteiger partial charge in [0.2, 0.25) is 5.91 Å². The Balaban J connectivity index is 1.36. The van der Waals surface area contributed by atoms with Gasteiger partial charge in [0.1, 0.15) is 11.5 Å². The molecule has 0 unspecified atom stereocenters. The first-order valence-corrected chi connectivity index (χ1v) is 9.85. The summed E-state index contributed by atoms with van der Waals surface area (Å²) >= 11 is 0. The van der Waals surface area contributed by atoms with Crippen molar-refractivity contribution in [2.75, 3.05) is 5.32 Å². The number of pyridine rings is 1. The zero-order valence-electron chi connectivity index (χ0n) is 16.6. The van der Waals surface area contributed by atoms with E-state index in [0.29, 0.717) is 35.5 Å². The van der Waals surface area contributed by atoms with Gasteiger partial charge in [0.15, 0.2) is 19.3 Å². The molecule has 0 saturated heterocycles. The minimum Gasteiger partial charge on any atom is -0.395 e. The number of carbonyl (C=O) groups is 2. The average molecular weight is 432 g/mol. The molecule has 158 valence electrons. The lowest BCUT2D eigenvalue weighted by Gasteiger charge is -2.16. The Morgan fingerprint density at radius 3 is 2.38 bits per heavy atom. The molecule has 3 aromatic rings. The van der Waals surface area contributed by atoms with Crippen LogP contribution in [0.5, 0.6) is 11.5 Å². The summed E-state index contributed by atoms with van der Waals surface area (Å²) in [6.07, 6.45) is -2.56. The minimum atomic E-state index is -3.71. The van der Waals surface area contributed by atoms with Gasteiger partial charge in [0.05, 0.1) is 11.1 Å². The van der Waals surface area contributed by atoms with Crippen LogP contribution in [0.4, 0.5) is 14.6 Å². The molecule has 2 heterocycles. The highest BCUT2D eigenvalue weighted by Crippen LogP contribution is 2.52. The molecule has 1 aromatic heterocycles. The van der Waals surface area contributed by atoms with Crippen LogP contribution >= 0.6 is 0 Å². The predicted octanol–water partition coefficient (Wildman–Crippen LogP) is 4.05. The molecule has 2 aromatic carbocycles. The van der Waals surface area contributed by atoms with E-state index in [1.807, 2.05) is 0 Å². The second-order valence-electron chi connectivity index (χ2n) is 7.71. The fraction of sp³-hybridized carbons (Fsp3) is 0.174. The number of carbonyl (C=O) groups excluding carboxylic acids is 2. The summed E-state index contributed by atoms with van der Waals surface area (Å²) in [6.45, 7) is 0. The molecular formula is C23H15BF2N2O4. The molecule has 1 aliphatic carbocycles. The average Bonchev–Trinajstić information content (AvgIpc) is 3.51. The molecule has 0 spiro atoms. The van der Waals surface area contributed by atoms with Crippen molar-refractivity contribution in [2.24, 2.45) is 0 Å². The number of halogens is 2. The van der Waals surface area contributed by atoms with Gasteiger partial charge in [0, 0.05) is 11.1 Å². The van der Waals surface area contributed by atoms with Gasteiger partial charge >= 0.3 is 6.29 Å². The number of anilines is 1. The summed E-state index contributed by atoms with van der Waals surface area (Å²) in [5, 5.41) is 2.82. The van der Waals surface area contributed by atoms with Crippen molar-refractivity contribution >= 4 is 25.3 Å². The lowest BCUT2D eigenvalue weighted by molar-refractivity contribution is -0.286. The molecule has 0 atom stereocenters. The Hall–Kier alpha value is -3.75. The smallest absolute Gasteiger partial charge is 0.395 e. The number of nitrogens with one attached hydrogen (secondary N) is 1. The SMILES string of the molecule is [B]C(=O)c1ccc(-c2cccc(NC(=O)C3(c4ccc5c(c4)OC(F)(F)O5)CC3)n2)cc1. The number of benzene rings is 2. The summed E-state index contributed by atoms with van der Waals surface area (Å²) in [5.41, 5.74) is 0.964. The van der Waals surface area contributed by atoms with E-state index in [4.69, 9.17) is 7.85 Å². The largest absolute Gasteiger partial charge is 0.586 e. The highest BCUT2D eigenvalue weighted by atomic mass is 19.3. The molecule has 1 aliphatic heterocycles. The third kappa shape index (κ3) is 3.59. The maximum atomic E-state index is 13.3. The molecule has 2 radical (unpaired) electrons. The zero-order valence-corrected chi connectivity index (χ0v) is 16.6. The van der Waals surface area contributed by atoms with E-state index in [2.05, 4.69) is 19.8 Å². The first-order chi connectivity index (χ1) is 15.3. The molecule has 1 amide bonds. The van der Waals surface area contributed by atoms with Gasteiger partial charge in [-0.05, 0) is 42.7 Å². The molecule has 2 aliphatic rings. The van der Waals surface area contributed by atoms with Gasteiger partial charge in [-0.3, -0.25) is 4.79 Å². The maximum Gasteiger partial charge on any atom is 0.586 e. The standard InChI is InChI=1S/C23H15BF2N2O4/c24-20(29)14-6-4-13(5-7-14)16-2-1-3-19(27-16)28-21(30)22(10-11-22)15-8-9-17-18(12-15)32-23(25,26)31-17/h1-9,12H,10-11H2,(H,27,28,30). The van der Waals surface area contributed by atoms with Crippen molar-refractivity contribution in [2.45, 2.75) is 24.6 Å². The van der Waals surface area contributed by atoms with Gasteiger partial charge in [0.25, 0.3) is 0 Å².